The maximum Gasteiger partial charge on any atom is 0.404 e. The van der Waals surface area contributed by atoms with E-state index in [1.54, 1.807) is 19.1 Å². The first-order chi connectivity index (χ1) is 15.2. The van der Waals surface area contributed by atoms with Gasteiger partial charge in [-0.1, -0.05) is 56.7 Å². The Morgan fingerprint density at radius 1 is 1.06 bits per heavy atom. The van der Waals surface area contributed by atoms with Gasteiger partial charge in [0.25, 0.3) is 0 Å². The van der Waals surface area contributed by atoms with Crippen LogP contribution in [0.5, 0.6) is 0 Å². The summed E-state index contributed by atoms with van der Waals surface area (Å²) in [5.74, 6) is -1.29. The molecular formula is C25H34FNO5. The van der Waals surface area contributed by atoms with Gasteiger partial charge in [0, 0.05) is 18.7 Å². The molecule has 7 heteroatoms. The van der Waals surface area contributed by atoms with E-state index in [4.69, 9.17) is 10.2 Å². The fourth-order valence-corrected chi connectivity index (χ4v) is 3.51. The molecule has 1 amide bonds. The van der Waals surface area contributed by atoms with Gasteiger partial charge in [-0.2, -0.15) is 0 Å². The summed E-state index contributed by atoms with van der Waals surface area (Å²) >= 11 is 0. The lowest BCUT2D eigenvalue weighted by Gasteiger charge is -2.28. The van der Waals surface area contributed by atoms with E-state index in [2.05, 4.69) is 5.32 Å². The number of carboxylic acids is 1. The molecule has 0 spiro atoms. The van der Waals surface area contributed by atoms with E-state index in [0.717, 1.165) is 17.5 Å². The van der Waals surface area contributed by atoms with Crippen LogP contribution in [-0.4, -0.2) is 40.5 Å². The Kier molecular flexibility index (Phi) is 11.4. The minimum absolute atomic E-state index is 0.126. The summed E-state index contributed by atoms with van der Waals surface area (Å²) in [6, 6.07) is 12.4. The number of carboxylic acid groups (broad SMARTS) is 2. The first-order valence-corrected chi connectivity index (χ1v) is 10.9. The summed E-state index contributed by atoms with van der Waals surface area (Å²) in [4.78, 5) is 21.7. The molecule has 1 atom stereocenters. The van der Waals surface area contributed by atoms with E-state index in [1.165, 1.54) is 6.07 Å². The molecule has 0 saturated heterocycles. The van der Waals surface area contributed by atoms with Crippen molar-refractivity contribution in [3.63, 3.8) is 0 Å². The molecule has 1 unspecified atom stereocenters. The third-order valence-electron chi connectivity index (χ3n) is 5.32. The summed E-state index contributed by atoms with van der Waals surface area (Å²) in [6.07, 6.45) is 2.37. The summed E-state index contributed by atoms with van der Waals surface area (Å²) in [6.45, 7) is 6.22. The van der Waals surface area contributed by atoms with E-state index < -0.39 is 17.5 Å². The standard InChI is InChI=1S/C20H23FO2.C5H11NO3/c1-4-12-20(3,19(22)23)16-10-7-11-17(21)18(16)15-9-6-8-14(5-2)13-15;7-4-2-1-3-6-5(8)9/h6-11,13H,4-5,12H2,1-3H3,(H,22,23);6-7H,1-4H2,(H,8,9). The predicted octanol–water partition coefficient (Wildman–Crippen LogP) is 5.22. The topological polar surface area (TPSA) is 107 Å². The van der Waals surface area contributed by atoms with Crippen LogP contribution in [0, 0.1) is 5.82 Å². The maximum atomic E-state index is 14.6. The Bertz CT molecular complexity index is 886. The summed E-state index contributed by atoms with van der Waals surface area (Å²) in [5, 5.41) is 28.2. The van der Waals surface area contributed by atoms with Gasteiger partial charge in [0.2, 0.25) is 0 Å². The SMILES string of the molecule is CCCC(C)(C(=O)O)c1cccc(F)c1-c1cccc(CC)c1.O=C(O)NCCCCO. The highest BCUT2D eigenvalue weighted by atomic mass is 19.1. The summed E-state index contributed by atoms with van der Waals surface area (Å²) in [5.41, 5.74) is 1.68. The van der Waals surface area contributed by atoms with Gasteiger partial charge >= 0.3 is 12.1 Å². The van der Waals surface area contributed by atoms with Gasteiger partial charge in [0.05, 0.1) is 5.41 Å². The number of hydrogen-bond acceptors (Lipinski definition) is 3. The van der Waals surface area contributed by atoms with Crippen LogP contribution in [0.3, 0.4) is 0 Å². The van der Waals surface area contributed by atoms with Crippen LogP contribution in [0.1, 0.15) is 57.6 Å². The van der Waals surface area contributed by atoms with E-state index in [9.17, 15) is 19.1 Å². The number of aryl methyl sites for hydroxylation is 1. The number of amides is 1. The van der Waals surface area contributed by atoms with Crippen molar-refractivity contribution < 1.29 is 29.3 Å². The number of rotatable bonds is 10. The van der Waals surface area contributed by atoms with Gasteiger partial charge in [-0.05, 0) is 55.4 Å². The second kappa shape index (κ2) is 13.5. The van der Waals surface area contributed by atoms with Crippen molar-refractivity contribution in [2.45, 2.75) is 58.3 Å². The highest BCUT2D eigenvalue weighted by Crippen LogP contribution is 2.38. The number of aliphatic hydroxyl groups is 1. The highest BCUT2D eigenvalue weighted by molar-refractivity contribution is 5.85. The Morgan fingerprint density at radius 3 is 2.31 bits per heavy atom. The molecule has 0 aliphatic rings. The van der Waals surface area contributed by atoms with Crippen LogP contribution in [-0.2, 0) is 16.6 Å². The zero-order chi connectivity index (χ0) is 24.1. The van der Waals surface area contributed by atoms with Crippen molar-refractivity contribution >= 4 is 12.1 Å². The van der Waals surface area contributed by atoms with E-state index in [0.29, 0.717) is 43.4 Å². The lowest BCUT2D eigenvalue weighted by Crippen LogP contribution is -2.33. The molecule has 0 aliphatic carbocycles. The van der Waals surface area contributed by atoms with Crippen LogP contribution in [0.2, 0.25) is 0 Å². The average Bonchev–Trinajstić information content (AvgIpc) is 2.77. The monoisotopic (exact) mass is 447 g/mol. The van der Waals surface area contributed by atoms with Gasteiger partial charge in [-0.15, -0.1) is 0 Å². The average molecular weight is 448 g/mol. The first-order valence-electron chi connectivity index (χ1n) is 10.9. The highest BCUT2D eigenvalue weighted by Gasteiger charge is 2.37. The van der Waals surface area contributed by atoms with E-state index in [-0.39, 0.29) is 12.4 Å². The largest absolute Gasteiger partial charge is 0.481 e. The minimum atomic E-state index is -1.10. The van der Waals surface area contributed by atoms with Crippen molar-refractivity contribution in [2.75, 3.05) is 13.2 Å². The number of aliphatic hydroxyl groups excluding tert-OH is 1. The quantitative estimate of drug-likeness (QED) is 0.373. The van der Waals surface area contributed by atoms with E-state index >= 15 is 0 Å². The molecule has 0 radical (unpaired) electrons. The van der Waals surface area contributed by atoms with E-state index in [1.807, 2.05) is 38.1 Å². The van der Waals surface area contributed by atoms with Crippen molar-refractivity contribution in [3.8, 4) is 11.1 Å². The third kappa shape index (κ3) is 7.64. The molecule has 0 bridgehead atoms. The number of unbranched alkanes of at least 4 members (excludes halogenated alkanes) is 1. The summed E-state index contributed by atoms with van der Waals surface area (Å²) in [7, 11) is 0. The molecule has 0 heterocycles. The molecule has 0 fully saturated rings. The second-order valence-electron chi connectivity index (χ2n) is 7.77. The Hall–Kier alpha value is -2.93. The Labute approximate surface area is 189 Å². The van der Waals surface area contributed by atoms with Crippen LogP contribution >= 0.6 is 0 Å². The first kappa shape index (κ1) is 27.1. The van der Waals surface area contributed by atoms with Crippen molar-refractivity contribution in [3.05, 3.63) is 59.4 Å². The lowest BCUT2D eigenvalue weighted by molar-refractivity contribution is -0.143. The molecule has 32 heavy (non-hydrogen) atoms. The molecule has 2 rings (SSSR count). The number of halogens is 1. The molecule has 176 valence electrons. The molecule has 6 nitrogen and oxygen atoms in total. The number of nitrogens with one attached hydrogen (secondary N) is 1. The number of carbonyl (C=O) groups is 2. The number of aliphatic carboxylic acids is 1. The number of hydrogen-bond donors (Lipinski definition) is 4. The van der Waals surface area contributed by atoms with Crippen molar-refractivity contribution in [1.82, 2.24) is 5.32 Å². The zero-order valence-electron chi connectivity index (χ0n) is 19.0. The lowest BCUT2D eigenvalue weighted by atomic mass is 9.75. The van der Waals surface area contributed by atoms with Crippen LogP contribution in [0.15, 0.2) is 42.5 Å². The molecule has 0 aromatic heterocycles. The Morgan fingerprint density at radius 2 is 1.75 bits per heavy atom. The fraction of sp³-hybridized carbons (Fsp3) is 0.440. The maximum absolute atomic E-state index is 14.6. The molecule has 4 N–H and O–H groups in total. The van der Waals surface area contributed by atoms with Crippen LogP contribution in [0.4, 0.5) is 9.18 Å². The van der Waals surface area contributed by atoms with Gasteiger partial charge in [-0.3, -0.25) is 4.79 Å². The molecular weight excluding hydrogens is 413 g/mol. The third-order valence-corrected chi connectivity index (χ3v) is 5.32. The molecule has 0 aliphatic heterocycles. The summed E-state index contributed by atoms with van der Waals surface area (Å²) < 4.78 is 14.6. The molecule has 2 aromatic carbocycles. The van der Waals surface area contributed by atoms with Crippen molar-refractivity contribution in [1.29, 1.82) is 0 Å². The fourth-order valence-electron chi connectivity index (χ4n) is 3.51. The van der Waals surface area contributed by atoms with Crippen molar-refractivity contribution in [2.24, 2.45) is 0 Å². The molecule has 2 aromatic rings. The van der Waals surface area contributed by atoms with Gasteiger partial charge in [0.15, 0.2) is 0 Å². The Balaban J connectivity index is 0.000000482. The minimum Gasteiger partial charge on any atom is -0.481 e. The van der Waals surface area contributed by atoms with Crippen LogP contribution in [0.25, 0.3) is 11.1 Å². The van der Waals surface area contributed by atoms with Gasteiger partial charge in [0.1, 0.15) is 5.82 Å². The van der Waals surface area contributed by atoms with Gasteiger partial charge < -0.3 is 20.6 Å². The smallest absolute Gasteiger partial charge is 0.404 e. The zero-order valence-corrected chi connectivity index (χ0v) is 19.0. The van der Waals surface area contributed by atoms with Crippen LogP contribution < -0.4 is 5.32 Å². The normalized spacial score (nSPS) is 12.3. The number of benzene rings is 2. The molecule has 0 saturated carbocycles. The second-order valence-corrected chi connectivity index (χ2v) is 7.77. The predicted molar refractivity (Wildman–Crippen MR) is 123 cm³/mol. The van der Waals surface area contributed by atoms with Gasteiger partial charge in [-0.25, -0.2) is 9.18 Å².